The number of hydrogen-bond acceptors (Lipinski definition) is 3. The third-order valence-electron chi connectivity index (χ3n) is 3.10. The SMILES string of the molecule is COc1ccc(CCNC(=S)Nc2ncccc2C)cc1. The molecule has 0 aliphatic rings. The molecule has 2 N–H and O–H groups in total. The molecule has 0 aliphatic carbocycles. The molecule has 0 fully saturated rings. The van der Waals surface area contributed by atoms with E-state index in [1.54, 1.807) is 13.3 Å². The number of benzene rings is 1. The van der Waals surface area contributed by atoms with Gasteiger partial charge in [0, 0.05) is 12.7 Å². The highest BCUT2D eigenvalue weighted by Crippen LogP contribution is 2.11. The summed E-state index contributed by atoms with van der Waals surface area (Å²) in [5.41, 5.74) is 2.30. The first-order valence-electron chi connectivity index (χ1n) is 6.78. The van der Waals surface area contributed by atoms with Crippen LogP contribution in [-0.4, -0.2) is 23.8 Å². The molecule has 0 radical (unpaired) electrons. The Morgan fingerprint density at radius 1 is 1.24 bits per heavy atom. The summed E-state index contributed by atoms with van der Waals surface area (Å²) in [6.45, 7) is 2.76. The molecule has 5 heteroatoms. The average Bonchev–Trinajstić information content (AvgIpc) is 2.50. The Hall–Kier alpha value is -2.14. The van der Waals surface area contributed by atoms with Crippen molar-refractivity contribution in [3.05, 3.63) is 53.7 Å². The topological polar surface area (TPSA) is 46.2 Å². The van der Waals surface area contributed by atoms with Gasteiger partial charge in [-0.15, -0.1) is 0 Å². The van der Waals surface area contributed by atoms with Gasteiger partial charge in [-0.2, -0.15) is 0 Å². The highest BCUT2D eigenvalue weighted by molar-refractivity contribution is 7.80. The Morgan fingerprint density at radius 2 is 2.00 bits per heavy atom. The molecule has 0 saturated heterocycles. The normalized spacial score (nSPS) is 10.0. The maximum atomic E-state index is 5.27. The first-order chi connectivity index (χ1) is 10.2. The quantitative estimate of drug-likeness (QED) is 0.832. The minimum atomic E-state index is 0.588. The van der Waals surface area contributed by atoms with Crippen molar-refractivity contribution < 1.29 is 4.74 Å². The van der Waals surface area contributed by atoms with E-state index in [9.17, 15) is 0 Å². The van der Waals surface area contributed by atoms with E-state index in [4.69, 9.17) is 17.0 Å². The highest BCUT2D eigenvalue weighted by Gasteiger charge is 2.01. The Bertz CT molecular complexity index is 599. The van der Waals surface area contributed by atoms with Crippen molar-refractivity contribution in [2.75, 3.05) is 19.0 Å². The van der Waals surface area contributed by atoms with E-state index in [2.05, 4.69) is 27.8 Å². The van der Waals surface area contributed by atoms with E-state index < -0.39 is 0 Å². The molecule has 0 spiro atoms. The molecule has 0 atom stereocenters. The lowest BCUT2D eigenvalue weighted by atomic mass is 10.1. The third kappa shape index (κ3) is 4.72. The fourth-order valence-electron chi connectivity index (χ4n) is 1.88. The number of nitrogens with one attached hydrogen (secondary N) is 2. The highest BCUT2D eigenvalue weighted by atomic mass is 32.1. The molecule has 0 amide bonds. The number of hydrogen-bond donors (Lipinski definition) is 2. The lowest BCUT2D eigenvalue weighted by Gasteiger charge is -2.11. The van der Waals surface area contributed by atoms with Gasteiger partial charge in [0.1, 0.15) is 11.6 Å². The number of aryl methyl sites for hydroxylation is 1. The second-order valence-corrected chi connectivity index (χ2v) is 5.06. The van der Waals surface area contributed by atoms with E-state index in [0.717, 1.165) is 30.1 Å². The van der Waals surface area contributed by atoms with Gasteiger partial charge < -0.3 is 15.4 Å². The van der Waals surface area contributed by atoms with Gasteiger partial charge in [-0.25, -0.2) is 4.98 Å². The number of ether oxygens (including phenoxy) is 1. The summed E-state index contributed by atoms with van der Waals surface area (Å²) in [4.78, 5) is 4.25. The number of aromatic nitrogens is 1. The van der Waals surface area contributed by atoms with Gasteiger partial charge in [0.15, 0.2) is 5.11 Å². The number of methoxy groups -OCH3 is 1. The van der Waals surface area contributed by atoms with E-state index in [0.29, 0.717) is 5.11 Å². The van der Waals surface area contributed by atoms with Gasteiger partial charge in [-0.05, 0) is 54.9 Å². The van der Waals surface area contributed by atoms with E-state index >= 15 is 0 Å². The van der Waals surface area contributed by atoms with Crippen LogP contribution in [0.2, 0.25) is 0 Å². The molecule has 21 heavy (non-hydrogen) atoms. The molecule has 2 aromatic rings. The average molecular weight is 301 g/mol. The minimum Gasteiger partial charge on any atom is -0.497 e. The van der Waals surface area contributed by atoms with E-state index in [-0.39, 0.29) is 0 Å². The minimum absolute atomic E-state index is 0.588. The molecule has 4 nitrogen and oxygen atoms in total. The van der Waals surface area contributed by atoms with Crippen molar-refractivity contribution in [2.24, 2.45) is 0 Å². The van der Waals surface area contributed by atoms with Crippen LogP contribution in [0.5, 0.6) is 5.75 Å². The van der Waals surface area contributed by atoms with Crippen molar-refractivity contribution in [1.29, 1.82) is 0 Å². The van der Waals surface area contributed by atoms with Crippen LogP contribution in [0.4, 0.5) is 5.82 Å². The molecule has 110 valence electrons. The van der Waals surface area contributed by atoms with Crippen LogP contribution >= 0.6 is 12.2 Å². The predicted molar refractivity (Wildman–Crippen MR) is 89.9 cm³/mol. The van der Waals surface area contributed by atoms with Gasteiger partial charge >= 0.3 is 0 Å². The second kappa shape index (κ2) is 7.59. The maximum absolute atomic E-state index is 5.27. The third-order valence-corrected chi connectivity index (χ3v) is 3.35. The van der Waals surface area contributed by atoms with Crippen LogP contribution in [-0.2, 0) is 6.42 Å². The number of thiocarbonyl (C=S) groups is 1. The summed E-state index contributed by atoms with van der Waals surface area (Å²) in [7, 11) is 1.67. The molecule has 0 aliphatic heterocycles. The summed E-state index contributed by atoms with van der Waals surface area (Å²) in [6, 6.07) is 11.9. The molecule has 0 bridgehead atoms. The van der Waals surface area contributed by atoms with Crippen molar-refractivity contribution in [2.45, 2.75) is 13.3 Å². The molecule has 2 rings (SSSR count). The van der Waals surface area contributed by atoms with Crippen LogP contribution in [0.25, 0.3) is 0 Å². The standard InChI is InChI=1S/C16H19N3OS/c1-12-4-3-10-17-15(12)19-16(21)18-11-9-13-5-7-14(20-2)8-6-13/h3-8,10H,9,11H2,1-2H3,(H2,17,18,19,21). The van der Waals surface area contributed by atoms with Crippen LogP contribution in [0, 0.1) is 6.92 Å². The second-order valence-electron chi connectivity index (χ2n) is 4.65. The first-order valence-corrected chi connectivity index (χ1v) is 7.19. The van der Waals surface area contributed by atoms with Crippen LogP contribution in [0.15, 0.2) is 42.6 Å². The summed E-state index contributed by atoms with van der Waals surface area (Å²) in [5.74, 6) is 1.66. The molecule has 1 aromatic carbocycles. The van der Waals surface area contributed by atoms with Gasteiger partial charge in [-0.3, -0.25) is 0 Å². The largest absolute Gasteiger partial charge is 0.497 e. The summed E-state index contributed by atoms with van der Waals surface area (Å²) < 4.78 is 5.14. The Morgan fingerprint density at radius 3 is 2.67 bits per heavy atom. The Kier molecular flexibility index (Phi) is 5.51. The molecule has 1 heterocycles. The van der Waals surface area contributed by atoms with E-state index in [1.807, 2.05) is 31.2 Å². The molecule has 0 unspecified atom stereocenters. The summed E-state index contributed by atoms with van der Waals surface area (Å²) in [6.07, 6.45) is 2.64. The number of nitrogens with zero attached hydrogens (tertiary/aromatic N) is 1. The molecule has 0 saturated carbocycles. The van der Waals surface area contributed by atoms with E-state index in [1.165, 1.54) is 5.56 Å². The zero-order valence-electron chi connectivity index (χ0n) is 12.2. The number of anilines is 1. The lowest BCUT2D eigenvalue weighted by molar-refractivity contribution is 0.414. The van der Waals surface area contributed by atoms with Crippen LogP contribution < -0.4 is 15.4 Å². The molecular formula is C16H19N3OS. The zero-order chi connectivity index (χ0) is 15.1. The fourth-order valence-corrected chi connectivity index (χ4v) is 2.08. The monoisotopic (exact) mass is 301 g/mol. The van der Waals surface area contributed by atoms with Crippen molar-refractivity contribution in [3.8, 4) is 5.75 Å². The van der Waals surface area contributed by atoms with Crippen LogP contribution in [0.1, 0.15) is 11.1 Å². The zero-order valence-corrected chi connectivity index (χ0v) is 13.0. The van der Waals surface area contributed by atoms with Gasteiger partial charge in [0.2, 0.25) is 0 Å². The van der Waals surface area contributed by atoms with Crippen molar-refractivity contribution in [1.82, 2.24) is 10.3 Å². The smallest absolute Gasteiger partial charge is 0.171 e. The lowest BCUT2D eigenvalue weighted by Crippen LogP contribution is -2.30. The summed E-state index contributed by atoms with van der Waals surface area (Å²) >= 11 is 5.27. The van der Waals surface area contributed by atoms with Crippen molar-refractivity contribution >= 4 is 23.1 Å². The van der Waals surface area contributed by atoms with Gasteiger partial charge in [-0.1, -0.05) is 18.2 Å². The van der Waals surface area contributed by atoms with Gasteiger partial charge in [0.25, 0.3) is 0 Å². The van der Waals surface area contributed by atoms with Crippen molar-refractivity contribution in [3.63, 3.8) is 0 Å². The maximum Gasteiger partial charge on any atom is 0.171 e. The first kappa shape index (κ1) is 15.3. The predicted octanol–water partition coefficient (Wildman–Crippen LogP) is 2.93. The van der Waals surface area contributed by atoms with Gasteiger partial charge in [0.05, 0.1) is 7.11 Å². The number of rotatable bonds is 5. The number of pyridine rings is 1. The summed E-state index contributed by atoms with van der Waals surface area (Å²) in [5, 5.41) is 6.88. The molecular weight excluding hydrogens is 282 g/mol. The Labute approximate surface area is 130 Å². The fraction of sp³-hybridized carbons (Fsp3) is 0.250. The molecule has 1 aromatic heterocycles. The van der Waals surface area contributed by atoms with Crippen LogP contribution in [0.3, 0.4) is 0 Å². The Balaban J connectivity index is 1.77.